The van der Waals surface area contributed by atoms with Crippen molar-refractivity contribution in [2.75, 3.05) is 24.5 Å². The standard InChI is InChI=1S/C16H26N2O/c1-4-17-14-8-7-11-18(12-14)15-9-5-6-10-16(15)19-13(2)3/h5-6,9-10,13-14,17H,4,7-8,11-12H2,1-3H3. The fourth-order valence-electron chi connectivity index (χ4n) is 2.72. The number of benzene rings is 1. The van der Waals surface area contributed by atoms with E-state index in [1.165, 1.54) is 18.5 Å². The minimum absolute atomic E-state index is 0.218. The molecule has 1 fully saturated rings. The summed E-state index contributed by atoms with van der Waals surface area (Å²) >= 11 is 0. The summed E-state index contributed by atoms with van der Waals surface area (Å²) < 4.78 is 5.93. The molecule has 0 aliphatic carbocycles. The van der Waals surface area contributed by atoms with E-state index in [2.05, 4.69) is 49.2 Å². The van der Waals surface area contributed by atoms with Gasteiger partial charge in [0.05, 0.1) is 11.8 Å². The normalized spacial score (nSPS) is 19.8. The molecule has 1 saturated heterocycles. The molecule has 19 heavy (non-hydrogen) atoms. The molecule has 1 aromatic rings. The van der Waals surface area contributed by atoms with Crippen molar-refractivity contribution in [2.24, 2.45) is 0 Å². The summed E-state index contributed by atoms with van der Waals surface area (Å²) in [6.07, 6.45) is 2.74. The second-order valence-electron chi connectivity index (χ2n) is 5.48. The first-order valence-corrected chi connectivity index (χ1v) is 7.44. The number of likely N-dealkylation sites (N-methyl/N-ethyl adjacent to an activating group) is 1. The van der Waals surface area contributed by atoms with Gasteiger partial charge in [0.2, 0.25) is 0 Å². The Morgan fingerprint density at radius 2 is 2.16 bits per heavy atom. The topological polar surface area (TPSA) is 24.5 Å². The van der Waals surface area contributed by atoms with Crippen LogP contribution >= 0.6 is 0 Å². The highest BCUT2D eigenvalue weighted by Gasteiger charge is 2.21. The van der Waals surface area contributed by atoms with Gasteiger partial charge in [0.1, 0.15) is 5.75 Å². The molecule has 1 heterocycles. The zero-order valence-corrected chi connectivity index (χ0v) is 12.4. The molecule has 1 unspecified atom stereocenters. The number of ether oxygens (including phenoxy) is 1. The van der Waals surface area contributed by atoms with Crippen molar-refractivity contribution in [3.05, 3.63) is 24.3 Å². The average Bonchev–Trinajstić information content (AvgIpc) is 2.39. The summed E-state index contributed by atoms with van der Waals surface area (Å²) in [4.78, 5) is 2.45. The minimum atomic E-state index is 0.218. The number of nitrogens with zero attached hydrogens (tertiary/aromatic N) is 1. The summed E-state index contributed by atoms with van der Waals surface area (Å²) in [5.74, 6) is 1.01. The van der Waals surface area contributed by atoms with E-state index in [9.17, 15) is 0 Å². The Hall–Kier alpha value is -1.22. The highest BCUT2D eigenvalue weighted by Crippen LogP contribution is 2.30. The molecular formula is C16H26N2O. The molecule has 0 spiro atoms. The second-order valence-corrected chi connectivity index (χ2v) is 5.48. The van der Waals surface area contributed by atoms with E-state index in [0.717, 1.165) is 25.4 Å². The van der Waals surface area contributed by atoms with Crippen LogP contribution in [0.3, 0.4) is 0 Å². The van der Waals surface area contributed by atoms with Crippen LogP contribution in [-0.2, 0) is 0 Å². The molecule has 1 atom stereocenters. The molecule has 0 aromatic heterocycles. The Bertz CT molecular complexity index is 390. The van der Waals surface area contributed by atoms with E-state index >= 15 is 0 Å². The van der Waals surface area contributed by atoms with Crippen LogP contribution in [0.1, 0.15) is 33.6 Å². The maximum Gasteiger partial charge on any atom is 0.142 e. The maximum atomic E-state index is 5.93. The summed E-state index contributed by atoms with van der Waals surface area (Å²) in [5, 5.41) is 3.56. The van der Waals surface area contributed by atoms with Crippen LogP contribution < -0.4 is 15.0 Å². The highest BCUT2D eigenvalue weighted by molar-refractivity contribution is 5.58. The summed E-state index contributed by atoms with van der Waals surface area (Å²) in [6.45, 7) is 9.58. The van der Waals surface area contributed by atoms with Gasteiger partial charge >= 0.3 is 0 Å². The monoisotopic (exact) mass is 262 g/mol. The van der Waals surface area contributed by atoms with Gasteiger partial charge in [-0.2, -0.15) is 0 Å². The average molecular weight is 262 g/mol. The van der Waals surface area contributed by atoms with E-state index < -0.39 is 0 Å². The lowest BCUT2D eigenvalue weighted by Crippen LogP contribution is -2.45. The molecule has 2 rings (SSSR count). The van der Waals surface area contributed by atoms with Crippen LogP contribution in [0.2, 0.25) is 0 Å². The van der Waals surface area contributed by atoms with E-state index in [0.29, 0.717) is 6.04 Å². The number of rotatable bonds is 5. The van der Waals surface area contributed by atoms with Gasteiger partial charge in [-0.15, -0.1) is 0 Å². The Morgan fingerprint density at radius 1 is 1.37 bits per heavy atom. The zero-order chi connectivity index (χ0) is 13.7. The van der Waals surface area contributed by atoms with E-state index in [1.807, 2.05) is 6.07 Å². The van der Waals surface area contributed by atoms with Gasteiger partial charge in [-0.3, -0.25) is 0 Å². The van der Waals surface area contributed by atoms with Crippen molar-refractivity contribution >= 4 is 5.69 Å². The summed E-state index contributed by atoms with van der Waals surface area (Å²) in [6, 6.07) is 9.00. The molecule has 0 amide bonds. The van der Waals surface area contributed by atoms with Crippen LogP contribution in [0.15, 0.2) is 24.3 Å². The van der Waals surface area contributed by atoms with Gasteiger partial charge in [-0.25, -0.2) is 0 Å². The van der Waals surface area contributed by atoms with E-state index in [1.54, 1.807) is 0 Å². The smallest absolute Gasteiger partial charge is 0.142 e. The highest BCUT2D eigenvalue weighted by atomic mass is 16.5. The molecule has 106 valence electrons. The molecule has 1 aliphatic rings. The predicted molar refractivity (Wildman–Crippen MR) is 81.1 cm³/mol. The summed E-state index contributed by atoms with van der Waals surface area (Å²) in [7, 11) is 0. The Kier molecular flexibility index (Phi) is 5.08. The molecule has 3 nitrogen and oxygen atoms in total. The molecule has 1 N–H and O–H groups in total. The van der Waals surface area contributed by atoms with Crippen LogP contribution in [0, 0.1) is 0 Å². The van der Waals surface area contributed by atoms with Gasteiger partial charge in [0.15, 0.2) is 0 Å². The lowest BCUT2D eigenvalue weighted by atomic mass is 10.0. The lowest BCUT2D eigenvalue weighted by Gasteiger charge is -2.35. The molecule has 1 aliphatic heterocycles. The molecule has 0 bridgehead atoms. The number of hydrogen-bond donors (Lipinski definition) is 1. The third-order valence-electron chi connectivity index (χ3n) is 3.48. The third-order valence-corrected chi connectivity index (χ3v) is 3.48. The molecule has 1 aromatic carbocycles. The van der Waals surface area contributed by atoms with Crippen molar-refractivity contribution in [2.45, 2.75) is 45.8 Å². The van der Waals surface area contributed by atoms with Gasteiger partial charge in [-0.1, -0.05) is 19.1 Å². The second kappa shape index (κ2) is 6.80. The fourth-order valence-corrected chi connectivity index (χ4v) is 2.72. The van der Waals surface area contributed by atoms with E-state index in [4.69, 9.17) is 4.74 Å². The number of para-hydroxylation sites is 2. The van der Waals surface area contributed by atoms with Gasteiger partial charge < -0.3 is 15.0 Å². The van der Waals surface area contributed by atoms with Crippen LogP contribution in [0.25, 0.3) is 0 Å². The van der Waals surface area contributed by atoms with Crippen molar-refractivity contribution in [1.29, 1.82) is 0 Å². The van der Waals surface area contributed by atoms with Crippen molar-refractivity contribution in [3.63, 3.8) is 0 Å². The van der Waals surface area contributed by atoms with Gasteiger partial charge in [0, 0.05) is 19.1 Å². The predicted octanol–water partition coefficient (Wildman–Crippen LogP) is 3.05. The first-order chi connectivity index (χ1) is 9.20. The number of nitrogens with one attached hydrogen (secondary N) is 1. The molecular weight excluding hydrogens is 236 g/mol. The SMILES string of the molecule is CCNC1CCCN(c2ccccc2OC(C)C)C1. The third kappa shape index (κ3) is 3.87. The Labute approximate surface area is 116 Å². The van der Waals surface area contributed by atoms with Crippen molar-refractivity contribution in [1.82, 2.24) is 5.32 Å². The zero-order valence-electron chi connectivity index (χ0n) is 12.4. The Balaban J connectivity index is 2.11. The summed E-state index contributed by atoms with van der Waals surface area (Å²) in [5.41, 5.74) is 1.24. The van der Waals surface area contributed by atoms with E-state index in [-0.39, 0.29) is 6.10 Å². The van der Waals surface area contributed by atoms with Crippen molar-refractivity contribution in [3.8, 4) is 5.75 Å². The van der Waals surface area contributed by atoms with Crippen LogP contribution in [0.5, 0.6) is 5.75 Å². The van der Waals surface area contributed by atoms with Gasteiger partial charge in [-0.05, 0) is 45.4 Å². The van der Waals surface area contributed by atoms with Crippen molar-refractivity contribution < 1.29 is 4.74 Å². The number of piperidine rings is 1. The van der Waals surface area contributed by atoms with Crippen LogP contribution in [0.4, 0.5) is 5.69 Å². The number of anilines is 1. The lowest BCUT2D eigenvalue weighted by molar-refractivity contribution is 0.242. The largest absolute Gasteiger partial charge is 0.489 e. The Morgan fingerprint density at radius 3 is 2.89 bits per heavy atom. The molecule has 3 heteroatoms. The minimum Gasteiger partial charge on any atom is -0.489 e. The molecule has 0 radical (unpaired) electrons. The first-order valence-electron chi connectivity index (χ1n) is 7.44. The van der Waals surface area contributed by atoms with Crippen LogP contribution in [-0.4, -0.2) is 31.8 Å². The molecule has 0 saturated carbocycles. The first kappa shape index (κ1) is 14.2. The number of hydrogen-bond acceptors (Lipinski definition) is 3. The quantitative estimate of drug-likeness (QED) is 0.882. The van der Waals surface area contributed by atoms with Gasteiger partial charge in [0.25, 0.3) is 0 Å². The maximum absolute atomic E-state index is 5.93. The fraction of sp³-hybridized carbons (Fsp3) is 0.625.